The van der Waals surface area contributed by atoms with Gasteiger partial charge in [-0.15, -0.1) is 0 Å². The average molecular weight is 296 g/mol. The van der Waals surface area contributed by atoms with Crippen LogP contribution in [0.5, 0.6) is 0 Å². The van der Waals surface area contributed by atoms with Crippen molar-refractivity contribution in [2.24, 2.45) is 0 Å². The molecule has 0 unspecified atom stereocenters. The summed E-state index contributed by atoms with van der Waals surface area (Å²) in [6.07, 6.45) is 3.31. The fourth-order valence-corrected chi connectivity index (χ4v) is 2.31. The third kappa shape index (κ3) is 5.33. The number of carbonyl (C=O) groups is 1. The number of carbonyl (C=O) groups excluding carboxylic acids is 1. The molecular weight excluding hydrogens is 276 g/mol. The first kappa shape index (κ1) is 15.0. The second kappa shape index (κ2) is 8.04. The van der Waals surface area contributed by atoms with Crippen LogP contribution in [-0.2, 0) is 9.53 Å². The van der Waals surface area contributed by atoms with Crippen LogP contribution < -0.4 is 10.2 Å². The summed E-state index contributed by atoms with van der Waals surface area (Å²) in [4.78, 5) is 13.2. The Kier molecular flexibility index (Phi) is 6.05. The molecule has 2 rings (SSSR count). The number of nitrogens with one attached hydrogen (secondary N) is 2. The van der Waals surface area contributed by atoms with Crippen molar-refractivity contribution in [3.8, 4) is 0 Å². The van der Waals surface area contributed by atoms with Gasteiger partial charge in [0.05, 0.1) is 26.3 Å². The molecule has 1 heterocycles. The predicted molar refractivity (Wildman–Crippen MR) is 79.9 cm³/mol. The van der Waals surface area contributed by atoms with Crippen LogP contribution in [-0.4, -0.2) is 45.3 Å². The van der Waals surface area contributed by atoms with Gasteiger partial charge < -0.3 is 15.0 Å². The zero-order valence-corrected chi connectivity index (χ0v) is 12.2. The van der Waals surface area contributed by atoms with Gasteiger partial charge in [-0.2, -0.15) is 0 Å². The van der Waals surface area contributed by atoms with E-state index in [1.807, 2.05) is 24.3 Å². The van der Waals surface area contributed by atoms with E-state index in [2.05, 4.69) is 5.32 Å². The van der Waals surface area contributed by atoms with E-state index < -0.39 is 0 Å². The third-order valence-electron chi connectivity index (χ3n) is 3.25. The molecule has 0 bridgehead atoms. The summed E-state index contributed by atoms with van der Waals surface area (Å²) in [5.74, 6) is -0.0716. The van der Waals surface area contributed by atoms with Crippen LogP contribution in [0.2, 0.25) is 5.02 Å². The highest BCUT2D eigenvalue weighted by Gasteiger charge is 2.12. The average Bonchev–Trinajstić information content (AvgIpc) is 2.46. The summed E-state index contributed by atoms with van der Waals surface area (Å²) in [5, 5.41) is 3.56. The Morgan fingerprint density at radius 1 is 1.40 bits per heavy atom. The largest absolute Gasteiger partial charge is 0.370 e. The number of benzene rings is 1. The van der Waals surface area contributed by atoms with Gasteiger partial charge in [0, 0.05) is 11.1 Å². The quantitative estimate of drug-likeness (QED) is 0.772. The van der Waals surface area contributed by atoms with Gasteiger partial charge in [-0.25, -0.2) is 0 Å². The van der Waals surface area contributed by atoms with Crippen LogP contribution in [0.25, 0.3) is 6.08 Å². The van der Waals surface area contributed by atoms with Crippen LogP contribution in [0.4, 0.5) is 0 Å². The van der Waals surface area contributed by atoms with Gasteiger partial charge in [0.2, 0.25) is 5.91 Å². The molecule has 2 N–H and O–H groups in total. The highest BCUT2D eigenvalue weighted by molar-refractivity contribution is 6.30. The molecule has 20 heavy (non-hydrogen) atoms. The number of rotatable bonds is 5. The minimum absolute atomic E-state index is 0.0716. The van der Waals surface area contributed by atoms with Gasteiger partial charge in [-0.3, -0.25) is 4.79 Å². The molecular formula is C15H20ClN2O2+. The Labute approximate surface area is 124 Å². The monoisotopic (exact) mass is 295 g/mol. The van der Waals surface area contributed by atoms with Gasteiger partial charge in [-0.1, -0.05) is 23.7 Å². The van der Waals surface area contributed by atoms with E-state index in [0.717, 1.165) is 38.4 Å². The molecule has 0 radical (unpaired) electrons. The van der Waals surface area contributed by atoms with Gasteiger partial charge in [0.1, 0.15) is 13.1 Å². The van der Waals surface area contributed by atoms with Crippen LogP contribution in [0.1, 0.15) is 5.56 Å². The molecule has 1 aliphatic rings. The van der Waals surface area contributed by atoms with Crippen molar-refractivity contribution in [3.63, 3.8) is 0 Å². The molecule has 0 aliphatic carbocycles. The Morgan fingerprint density at radius 2 is 2.20 bits per heavy atom. The minimum Gasteiger partial charge on any atom is -0.370 e. The number of quaternary nitrogens is 1. The van der Waals surface area contributed by atoms with E-state index in [-0.39, 0.29) is 5.91 Å². The van der Waals surface area contributed by atoms with Crippen molar-refractivity contribution < 1.29 is 14.4 Å². The maximum absolute atomic E-state index is 11.7. The first-order valence-corrected chi connectivity index (χ1v) is 7.24. The summed E-state index contributed by atoms with van der Waals surface area (Å²) >= 11 is 5.88. The van der Waals surface area contributed by atoms with Crippen molar-refractivity contribution >= 4 is 23.6 Å². The Hall–Kier alpha value is -1.36. The molecule has 4 nitrogen and oxygen atoms in total. The fourth-order valence-electron chi connectivity index (χ4n) is 2.11. The maximum atomic E-state index is 11.7. The first-order chi connectivity index (χ1) is 9.74. The van der Waals surface area contributed by atoms with Gasteiger partial charge in [-0.05, 0) is 23.8 Å². The Morgan fingerprint density at radius 3 is 2.95 bits per heavy atom. The third-order valence-corrected chi connectivity index (χ3v) is 3.49. The summed E-state index contributed by atoms with van der Waals surface area (Å²) < 4.78 is 5.29. The topological polar surface area (TPSA) is 42.8 Å². The molecule has 1 aliphatic heterocycles. The molecule has 5 heteroatoms. The highest BCUT2D eigenvalue weighted by atomic mass is 35.5. The van der Waals surface area contributed by atoms with E-state index in [1.165, 1.54) is 4.90 Å². The van der Waals surface area contributed by atoms with Crippen molar-refractivity contribution in [2.45, 2.75) is 0 Å². The molecule has 1 fully saturated rings. The van der Waals surface area contributed by atoms with Crippen LogP contribution in [0.3, 0.4) is 0 Å². The minimum atomic E-state index is -0.0716. The number of hydrogen-bond acceptors (Lipinski definition) is 2. The molecule has 1 saturated heterocycles. The molecule has 108 valence electrons. The SMILES string of the molecule is O=C(/C=C/c1cccc(Cl)c1)NCC[NH+]1CCOCC1. The van der Waals surface area contributed by atoms with E-state index in [4.69, 9.17) is 16.3 Å². The van der Waals surface area contributed by atoms with Gasteiger partial charge in [0.15, 0.2) is 0 Å². The molecule has 0 spiro atoms. The summed E-state index contributed by atoms with van der Waals surface area (Å²) in [7, 11) is 0. The lowest BCUT2D eigenvalue weighted by Gasteiger charge is -2.23. The van der Waals surface area contributed by atoms with Crippen molar-refractivity contribution in [1.82, 2.24) is 5.32 Å². The van der Waals surface area contributed by atoms with Gasteiger partial charge in [0.25, 0.3) is 0 Å². The van der Waals surface area contributed by atoms with E-state index in [9.17, 15) is 4.79 Å². The Bertz CT molecular complexity index is 471. The molecule has 0 saturated carbocycles. The molecule has 0 atom stereocenters. The maximum Gasteiger partial charge on any atom is 0.244 e. The number of halogens is 1. The Balaban J connectivity index is 1.69. The van der Waals surface area contributed by atoms with Crippen LogP contribution in [0, 0.1) is 0 Å². The zero-order chi connectivity index (χ0) is 14.2. The zero-order valence-electron chi connectivity index (χ0n) is 11.4. The number of hydrogen-bond donors (Lipinski definition) is 2. The lowest BCUT2D eigenvalue weighted by Crippen LogP contribution is -3.14. The summed E-state index contributed by atoms with van der Waals surface area (Å²) in [6.45, 7) is 5.31. The summed E-state index contributed by atoms with van der Waals surface area (Å²) in [5.41, 5.74) is 0.923. The smallest absolute Gasteiger partial charge is 0.244 e. The van der Waals surface area contributed by atoms with E-state index in [1.54, 1.807) is 12.2 Å². The fraction of sp³-hybridized carbons (Fsp3) is 0.400. The molecule has 1 amide bonds. The van der Waals surface area contributed by atoms with Crippen LogP contribution in [0.15, 0.2) is 30.3 Å². The molecule has 0 aromatic heterocycles. The lowest BCUT2D eigenvalue weighted by molar-refractivity contribution is -0.906. The summed E-state index contributed by atoms with van der Waals surface area (Å²) in [6, 6.07) is 7.41. The normalized spacial score (nSPS) is 16.4. The predicted octanol–water partition coefficient (Wildman–Crippen LogP) is 0.385. The number of amides is 1. The lowest BCUT2D eigenvalue weighted by atomic mass is 10.2. The number of morpholine rings is 1. The second-order valence-electron chi connectivity index (χ2n) is 4.79. The number of ether oxygens (including phenoxy) is 1. The van der Waals surface area contributed by atoms with E-state index in [0.29, 0.717) is 11.6 Å². The first-order valence-electron chi connectivity index (χ1n) is 6.87. The standard InChI is InChI=1S/C15H19ClN2O2/c16-14-3-1-2-13(12-14)4-5-15(19)17-6-7-18-8-10-20-11-9-18/h1-5,12H,6-11H2,(H,17,19)/p+1/b5-4+. The molecule has 1 aromatic carbocycles. The second-order valence-corrected chi connectivity index (χ2v) is 5.23. The van der Waals surface area contributed by atoms with Crippen molar-refractivity contribution in [2.75, 3.05) is 39.4 Å². The van der Waals surface area contributed by atoms with Gasteiger partial charge >= 0.3 is 0 Å². The van der Waals surface area contributed by atoms with E-state index >= 15 is 0 Å². The molecule has 1 aromatic rings. The van der Waals surface area contributed by atoms with Crippen molar-refractivity contribution in [3.05, 3.63) is 40.9 Å². The van der Waals surface area contributed by atoms with Crippen LogP contribution >= 0.6 is 11.6 Å². The van der Waals surface area contributed by atoms with Crippen molar-refractivity contribution in [1.29, 1.82) is 0 Å². The highest BCUT2D eigenvalue weighted by Crippen LogP contribution is 2.11.